The smallest absolute Gasteiger partial charge is 0.180 e. The Morgan fingerprint density at radius 1 is 1.36 bits per heavy atom. The third-order valence-electron chi connectivity index (χ3n) is 1.51. The molecule has 0 spiro atoms. The van der Waals surface area contributed by atoms with Crippen LogP contribution in [-0.4, -0.2) is 10.8 Å². The van der Waals surface area contributed by atoms with Gasteiger partial charge in [0.2, 0.25) is 0 Å². The predicted octanol–water partition coefficient (Wildman–Crippen LogP) is 1.80. The summed E-state index contributed by atoms with van der Waals surface area (Å²) in [6.07, 6.45) is 8.44. The number of hydrogen-bond acceptors (Lipinski definition) is 3. The summed E-state index contributed by atoms with van der Waals surface area (Å²) in [7, 11) is 0. The molecule has 0 saturated heterocycles. The lowest BCUT2D eigenvalue weighted by Gasteiger charge is -1.71. The average Bonchev–Trinajstić information content (AvgIpc) is 2.57. The Morgan fingerprint density at radius 3 is 2.27 bits per heavy atom. The number of carbonyl (C=O) groups excluding carboxylic acids is 1. The molecule has 1 heterocycles. The zero-order chi connectivity index (χ0) is 7.94. The van der Waals surface area contributed by atoms with Gasteiger partial charge in [-0.3, -0.25) is 4.79 Å². The molecule has 1 aliphatic rings. The van der Waals surface area contributed by atoms with Crippen molar-refractivity contribution in [2.45, 2.75) is 25.7 Å². The van der Waals surface area contributed by atoms with E-state index in [1.54, 1.807) is 6.20 Å². The van der Waals surface area contributed by atoms with Crippen LogP contribution in [0.25, 0.3) is 0 Å². The summed E-state index contributed by atoms with van der Waals surface area (Å²) in [6, 6.07) is 0. The summed E-state index contributed by atoms with van der Waals surface area (Å²) in [5.74, 6) is 0.454. The van der Waals surface area contributed by atoms with Crippen LogP contribution in [0.1, 0.15) is 25.7 Å². The van der Waals surface area contributed by atoms with E-state index in [1.807, 2.05) is 0 Å². The van der Waals surface area contributed by atoms with Crippen molar-refractivity contribution in [3.63, 3.8) is 0 Å². The van der Waals surface area contributed by atoms with Gasteiger partial charge in [-0.05, 0) is 12.8 Å². The van der Waals surface area contributed by atoms with Crippen molar-refractivity contribution >= 4 is 5.78 Å². The van der Waals surface area contributed by atoms with Crippen LogP contribution in [0.3, 0.4) is 0 Å². The van der Waals surface area contributed by atoms with Crippen molar-refractivity contribution in [1.82, 2.24) is 4.98 Å². The molecule has 0 amide bonds. The van der Waals surface area contributed by atoms with E-state index in [2.05, 4.69) is 9.40 Å². The highest BCUT2D eigenvalue weighted by Crippen LogP contribution is 2.11. The molecule has 1 fully saturated rings. The van der Waals surface area contributed by atoms with Crippen molar-refractivity contribution in [3.05, 3.63) is 18.9 Å². The van der Waals surface area contributed by atoms with E-state index in [1.165, 1.54) is 12.7 Å². The highest BCUT2D eigenvalue weighted by Gasteiger charge is 2.07. The summed E-state index contributed by atoms with van der Waals surface area (Å²) >= 11 is 0. The molecule has 1 aliphatic carbocycles. The SMILES string of the molecule is O=C1CCCC1.c1cocn1. The maximum atomic E-state index is 10.2. The van der Waals surface area contributed by atoms with Gasteiger partial charge in [0.15, 0.2) is 6.39 Å². The predicted molar refractivity (Wildman–Crippen MR) is 40.0 cm³/mol. The second-order valence-corrected chi connectivity index (χ2v) is 2.42. The molecule has 0 N–H and O–H groups in total. The van der Waals surface area contributed by atoms with E-state index in [4.69, 9.17) is 0 Å². The normalized spacial score (nSPS) is 15.8. The first kappa shape index (κ1) is 7.98. The first-order valence-electron chi connectivity index (χ1n) is 3.73. The Kier molecular flexibility index (Phi) is 3.38. The number of rotatable bonds is 0. The third-order valence-corrected chi connectivity index (χ3v) is 1.51. The number of carbonyl (C=O) groups is 1. The summed E-state index contributed by atoms with van der Waals surface area (Å²) < 4.78 is 4.47. The van der Waals surface area contributed by atoms with Gasteiger partial charge in [0.1, 0.15) is 12.0 Å². The Balaban J connectivity index is 0.000000112. The Morgan fingerprint density at radius 2 is 2.09 bits per heavy atom. The van der Waals surface area contributed by atoms with Gasteiger partial charge >= 0.3 is 0 Å². The van der Waals surface area contributed by atoms with Crippen LogP contribution in [0.5, 0.6) is 0 Å². The van der Waals surface area contributed by atoms with Crippen molar-refractivity contribution in [2.75, 3.05) is 0 Å². The lowest BCUT2D eigenvalue weighted by atomic mass is 10.4. The number of nitrogens with zero attached hydrogens (tertiary/aromatic N) is 1. The summed E-state index contributed by atoms with van der Waals surface area (Å²) in [5.41, 5.74) is 0. The molecular formula is C8H11NO2. The molecule has 3 nitrogen and oxygen atoms in total. The van der Waals surface area contributed by atoms with E-state index >= 15 is 0 Å². The van der Waals surface area contributed by atoms with Gasteiger partial charge < -0.3 is 4.42 Å². The molecule has 0 aliphatic heterocycles. The number of hydrogen-bond donors (Lipinski definition) is 0. The van der Waals surface area contributed by atoms with Crippen molar-refractivity contribution in [1.29, 1.82) is 0 Å². The molecule has 0 bridgehead atoms. The first-order chi connectivity index (χ1) is 5.39. The largest absolute Gasteiger partial charge is 0.452 e. The quantitative estimate of drug-likeness (QED) is 0.570. The monoisotopic (exact) mass is 153 g/mol. The molecule has 2 rings (SSSR count). The topological polar surface area (TPSA) is 43.1 Å². The van der Waals surface area contributed by atoms with Crippen LogP contribution in [0.4, 0.5) is 0 Å². The molecule has 1 saturated carbocycles. The number of Topliss-reactive ketones (excluding diaryl/α,β-unsaturated/α-hetero) is 1. The molecule has 1 aromatic rings. The average molecular weight is 153 g/mol. The number of oxazole rings is 1. The fourth-order valence-corrected chi connectivity index (χ4v) is 0.945. The molecule has 0 aromatic carbocycles. The molecule has 60 valence electrons. The summed E-state index contributed by atoms with van der Waals surface area (Å²) in [4.78, 5) is 13.8. The lowest BCUT2D eigenvalue weighted by Crippen LogP contribution is -1.81. The molecule has 0 unspecified atom stereocenters. The number of aromatic nitrogens is 1. The van der Waals surface area contributed by atoms with E-state index in [0.29, 0.717) is 5.78 Å². The minimum atomic E-state index is 0.454. The Labute approximate surface area is 65.4 Å². The Bertz CT molecular complexity index is 169. The van der Waals surface area contributed by atoms with Crippen molar-refractivity contribution < 1.29 is 9.21 Å². The molecule has 1 aromatic heterocycles. The number of ketones is 1. The standard InChI is InChI=1S/C5H8O.C3H3NO/c6-5-3-1-2-4-5;1-2-5-3-4-1/h1-4H2;1-3H. The fourth-order valence-electron chi connectivity index (χ4n) is 0.945. The summed E-state index contributed by atoms with van der Waals surface area (Å²) in [5, 5.41) is 0. The van der Waals surface area contributed by atoms with Crippen LogP contribution in [0.15, 0.2) is 23.3 Å². The van der Waals surface area contributed by atoms with Crippen LogP contribution in [0, 0.1) is 0 Å². The minimum absolute atomic E-state index is 0.454. The zero-order valence-corrected chi connectivity index (χ0v) is 6.32. The van der Waals surface area contributed by atoms with Gasteiger partial charge in [0.25, 0.3) is 0 Å². The maximum absolute atomic E-state index is 10.2. The summed E-state index contributed by atoms with van der Waals surface area (Å²) in [6.45, 7) is 0. The second kappa shape index (κ2) is 4.66. The highest BCUT2D eigenvalue weighted by molar-refractivity contribution is 5.79. The minimum Gasteiger partial charge on any atom is -0.452 e. The van der Waals surface area contributed by atoms with Crippen LogP contribution >= 0.6 is 0 Å². The van der Waals surface area contributed by atoms with Gasteiger partial charge in [-0.25, -0.2) is 4.98 Å². The molecule has 0 radical (unpaired) electrons. The van der Waals surface area contributed by atoms with Crippen molar-refractivity contribution in [3.8, 4) is 0 Å². The molecular weight excluding hydrogens is 142 g/mol. The van der Waals surface area contributed by atoms with Crippen LogP contribution in [0.2, 0.25) is 0 Å². The highest BCUT2D eigenvalue weighted by atomic mass is 16.3. The van der Waals surface area contributed by atoms with Gasteiger partial charge in [-0.2, -0.15) is 0 Å². The van der Waals surface area contributed by atoms with Crippen LogP contribution < -0.4 is 0 Å². The van der Waals surface area contributed by atoms with Gasteiger partial charge in [-0.15, -0.1) is 0 Å². The maximum Gasteiger partial charge on any atom is 0.180 e. The lowest BCUT2D eigenvalue weighted by molar-refractivity contribution is -0.117. The van der Waals surface area contributed by atoms with E-state index in [9.17, 15) is 4.79 Å². The second-order valence-electron chi connectivity index (χ2n) is 2.42. The van der Waals surface area contributed by atoms with Gasteiger partial charge in [0, 0.05) is 12.8 Å². The van der Waals surface area contributed by atoms with Gasteiger partial charge in [0.05, 0.1) is 6.20 Å². The first-order valence-corrected chi connectivity index (χ1v) is 3.73. The zero-order valence-electron chi connectivity index (χ0n) is 6.32. The van der Waals surface area contributed by atoms with Gasteiger partial charge in [-0.1, -0.05) is 0 Å². The van der Waals surface area contributed by atoms with Crippen LogP contribution in [-0.2, 0) is 4.79 Å². The van der Waals surface area contributed by atoms with E-state index < -0.39 is 0 Å². The molecule has 0 atom stereocenters. The molecule has 11 heavy (non-hydrogen) atoms. The Hall–Kier alpha value is -1.12. The fraction of sp³-hybridized carbons (Fsp3) is 0.500. The van der Waals surface area contributed by atoms with Crippen molar-refractivity contribution in [2.24, 2.45) is 0 Å². The van der Waals surface area contributed by atoms with E-state index in [-0.39, 0.29) is 0 Å². The third kappa shape index (κ3) is 3.55. The molecule has 3 heteroatoms. The van der Waals surface area contributed by atoms with E-state index in [0.717, 1.165) is 25.7 Å².